The quantitative estimate of drug-likeness (QED) is 0.573. The molecule has 0 atom stereocenters. The lowest BCUT2D eigenvalue weighted by Gasteiger charge is -2.34. The zero-order valence-corrected chi connectivity index (χ0v) is 10.7. The summed E-state index contributed by atoms with van der Waals surface area (Å²) < 4.78 is 0. The summed E-state index contributed by atoms with van der Waals surface area (Å²) in [5.74, 6) is -0.389. The summed E-state index contributed by atoms with van der Waals surface area (Å²) in [5, 5.41) is 19.4. The average molecular weight is 281 g/mol. The van der Waals surface area contributed by atoms with Crippen LogP contribution in [0.15, 0.2) is 12.1 Å². The van der Waals surface area contributed by atoms with E-state index in [4.69, 9.17) is 10.8 Å². The molecule has 1 aromatic rings. The van der Waals surface area contributed by atoms with Gasteiger partial charge in [0.05, 0.1) is 11.5 Å². The Morgan fingerprint density at radius 2 is 2.05 bits per heavy atom. The van der Waals surface area contributed by atoms with Crippen LogP contribution in [0.25, 0.3) is 0 Å². The van der Waals surface area contributed by atoms with Gasteiger partial charge in [-0.05, 0) is 6.07 Å². The molecule has 0 saturated carbocycles. The number of rotatable bonds is 4. The van der Waals surface area contributed by atoms with Gasteiger partial charge in [-0.2, -0.15) is 0 Å². The number of carbonyl (C=O) groups is 1. The van der Waals surface area contributed by atoms with Crippen LogP contribution < -0.4 is 10.6 Å². The van der Waals surface area contributed by atoms with Crippen LogP contribution in [-0.2, 0) is 4.79 Å². The molecule has 2 rings (SSSR count). The van der Waals surface area contributed by atoms with Crippen LogP contribution in [0, 0.1) is 10.1 Å². The van der Waals surface area contributed by atoms with Gasteiger partial charge in [0.15, 0.2) is 0 Å². The number of nitrogens with zero attached hydrogens (tertiary/aromatic N) is 4. The van der Waals surface area contributed by atoms with Crippen LogP contribution in [0.3, 0.4) is 0 Å². The van der Waals surface area contributed by atoms with Crippen molar-refractivity contribution in [1.82, 2.24) is 9.88 Å². The Morgan fingerprint density at radius 1 is 1.40 bits per heavy atom. The van der Waals surface area contributed by atoms with E-state index in [0.717, 1.165) is 0 Å². The molecule has 1 aromatic heterocycles. The van der Waals surface area contributed by atoms with E-state index >= 15 is 0 Å². The van der Waals surface area contributed by atoms with Crippen molar-refractivity contribution < 1.29 is 14.8 Å². The maximum Gasteiger partial charge on any atom is 0.317 e. The molecule has 2 heterocycles. The Bertz CT molecular complexity index is 528. The molecule has 0 unspecified atom stereocenters. The van der Waals surface area contributed by atoms with Gasteiger partial charge < -0.3 is 15.7 Å². The van der Waals surface area contributed by atoms with E-state index in [1.54, 1.807) is 6.07 Å². The third kappa shape index (κ3) is 3.12. The SMILES string of the molecule is Nc1nc(N2CCN(CC(=O)O)CC2)ccc1[N+](=O)[O-]. The number of nitrogens with two attached hydrogens (primary N) is 1. The standard InChI is InChI=1S/C11H15N5O4/c12-11-8(16(19)20)1-2-9(13-11)15-5-3-14(4-6-15)7-10(17)18/h1-2H,3-7H2,(H2,12,13)(H,17,18). The largest absolute Gasteiger partial charge is 0.480 e. The highest BCUT2D eigenvalue weighted by molar-refractivity contribution is 5.69. The Labute approximate surface area is 114 Å². The first-order chi connectivity index (χ1) is 9.47. The van der Waals surface area contributed by atoms with Crippen LogP contribution in [0.1, 0.15) is 0 Å². The number of nitrogen functional groups attached to an aromatic ring is 1. The molecule has 0 radical (unpaired) electrons. The van der Waals surface area contributed by atoms with Crippen molar-refractivity contribution in [2.45, 2.75) is 0 Å². The second-order valence-electron chi connectivity index (χ2n) is 4.49. The van der Waals surface area contributed by atoms with Gasteiger partial charge in [0.1, 0.15) is 5.82 Å². The number of hydrogen-bond donors (Lipinski definition) is 2. The van der Waals surface area contributed by atoms with E-state index in [-0.39, 0.29) is 18.1 Å². The fraction of sp³-hybridized carbons (Fsp3) is 0.455. The van der Waals surface area contributed by atoms with Crippen molar-refractivity contribution in [2.75, 3.05) is 43.4 Å². The zero-order valence-electron chi connectivity index (χ0n) is 10.7. The third-order valence-electron chi connectivity index (χ3n) is 3.14. The van der Waals surface area contributed by atoms with Gasteiger partial charge in [-0.25, -0.2) is 4.98 Å². The van der Waals surface area contributed by atoms with Gasteiger partial charge in [0.25, 0.3) is 0 Å². The number of carboxylic acid groups (broad SMARTS) is 1. The number of hydrogen-bond acceptors (Lipinski definition) is 7. The molecule has 1 aliphatic heterocycles. The first kappa shape index (κ1) is 14.0. The van der Waals surface area contributed by atoms with Crippen molar-refractivity contribution >= 4 is 23.3 Å². The molecule has 0 amide bonds. The predicted octanol–water partition coefficient (Wildman–Crippen LogP) is -0.221. The number of aromatic nitrogens is 1. The molecule has 1 fully saturated rings. The van der Waals surface area contributed by atoms with Crippen molar-refractivity contribution in [3.63, 3.8) is 0 Å². The molecule has 108 valence electrons. The van der Waals surface area contributed by atoms with Gasteiger partial charge in [-0.15, -0.1) is 0 Å². The Hall–Kier alpha value is -2.42. The molecule has 9 heteroatoms. The summed E-state index contributed by atoms with van der Waals surface area (Å²) in [7, 11) is 0. The average Bonchev–Trinajstić information content (AvgIpc) is 2.38. The third-order valence-corrected chi connectivity index (χ3v) is 3.14. The van der Waals surface area contributed by atoms with E-state index in [9.17, 15) is 14.9 Å². The maximum absolute atomic E-state index is 10.7. The molecule has 9 nitrogen and oxygen atoms in total. The van der Waals surface area contributed by atoms with Crippen LogP contribution >= 0.6 is 0 Å². The first-order valence-electron chi connectivity index (χ1n) is 6.07. The normalized spacial score (nSPS) is 16.1. The first-order valence-corrected chi connectivity index (χ1v) is 6.07. The van der Waals surface area contributed by atoms with Crippen molar-refractivity contribution in [3.8, 4) is 0 Å². The number of anilines is 2. The van der Waals surface area contributed by atoms with Gasteiger partial charge >= 0.3 is 11.7 Å². The van der Waals surface area contributed by atoms with E-state index in [0.29, 0.717) is 32.0 Å². The number of aliphatic carboxylic acids is 1. The van der Waals surface area contributed by atoms with E-state index in [1.807, 2.05) is 9.80 Å². The number of nitro groups is 1. The van der Waals surface area contributed by atoms with Gasteiger partial charge in [0.2, 0.25) is 5.82 Å². The molecule has 3 N–H and O–H groups in total. The minimum Gasteiger partial charge on any atom is -0.480 e. The van der Waals surface area contributed by atoms with Crippen LogP contribution in [0.5, 0.6) is 0 Å². The van der Waals surface area contributed by atoms with Gasteiger partial charge in [-0.3, -0.25) is 19.8 Å². The van der Waals surface area contributed by atoms with Crippen molar-refractivity contribution in [3.05, 3.63) is 22.2 Å². The van der Waals surface area contributed by atoms with Crippen LogP contribution in [-0.4, -0.2) is 58.6 Å². The van der Waals surface area contributed by atoms with Crippen molar-refractivity contribution in [1.29, 1.82) is 0 Å². The fourth-order valence-electron chi connectivity index (χ4n) is 2.11. The van der Waals surface area contributed by atoms with Gasteiger partial charge in [-0.1, -0.05) is 0 Å². The number of pyridine rings is 1. The molecule has 0 aromatic carbocycles. The Balaban J connectivity index is 2.02. The highest BCUT2D eigenvalue weighted by Crippen LogP contribution is 2.23. The minimum absolute atomic E-state index is 0.0175. The number of carboxylic acids is 1. The Morgan fingerprint density at radius 3 is 2.55 bits per heavy atom. The lowest BCUT2D eigenvalue weighted by molar-refractivity contribution is -0.384. The lowest BCUT2D eigenvalue weighted by Crippen LogP contribution is -2.48. The molecular formula is C11H15N5O4. The topological polar surface area (TPSA) is 126 Å². The molecule has 1 aliphatic rings. The second-order valence-corrected chi connectivity index (χ2v) is 4.49. The molecule has 0 aliphatic carbocycles. The summed E-state index contributed by atoms with van der Waals surface area (Å²) in [6, 6.07) is 2.89. The van der Waals surface area contributed by atoms with Crippen LogP contribution in [0.2, 0.25) is 0 Å². The smallest absolute Gasteiger partial charge is 0.317 e. The van der Waals surface area contributed by atoms with Gasteiger partial charge in [0, 0.05) is 32.2 Å². The van der Waals surface area contributed by atoms with Crippen LogP contribution in [0.4, 0.5) is 17.3 Å². The highest BCUT2D eigenvalue weighted by atomic mass is 16.6. The maximum atomic E-state index is 10.7. The molecular weight excluding hydrogens is 266 g/mol. The molecule has 20 heavy (non-hydrogen) atoms. The van der Waals surface area contributed by atoms with E-state index in [2.05, 4.69) is 4.98 Å². The number of piperazine rings is 1. The zero-order chi connectivity index (χ0) is 14.7. The molecule has 0 spiro atoms. The minimum atomic E-state index is -0.851. The Kier molecular flexibility index (Phi) is 3.99. The molecule has 0 bridgehead atoms. The summed E-state index contributed by atoms with van der Waals surface area (Å²) in [4.78, 5) is 28.5. The molecule has 1 saturated heterocycles. The van der Waals surface area contributed by atoms with E-state index < -0.39 is 10.9 Å². The summed E-state index contributed by atoms with van der Waals surface area (Å²) in [6.07, 6.45) is 0. The van der Waals surface area contributed by atoms with E-state index in [1.165, 1.54) is 6.07 Å². The summed E-state index contributed by atoms with van der Waals surface area (Å²) >= 11 is 0. The predicted molar refractivity (Wildman–Crippen MR) is 71.6 cm³/mol. The lowest BCUT2D eigenvalue weighted by atomic mass is 10.3. The second kappa shape index (κ2) is 5.70. The summed E-state index contributed by atoms with van der Waals surface area (Å²) in [5.41, 5.74) is 5.34. The fourth-order valence-corrected chi connectivity index (χ4v) is 2.11. The highest BCUT2D eigenvalue weighted by Gasteiger charge is 2.21. The summed E-state index contributed by atoms with van der Waals surface area (Å²) in [6.45, 7) is 2.44. The monoisotopic (exact) mass is 281 g/mol. The van der Waals surface area contributed by atoms with Crippen molar-refractivity contribution in [2.24, 2.45) is 0 Å².